The first kappa shape index (κ1) is 21.3. The summed E-state index contributed by atoms with van der Waals surface area (Å²) in [6, 6.07) is 1.60. The van der Waals surface area contributed by atoms with Crippen molar-refractivity contribution in [2.75, 3.05) is 35.0 Å². The van der Waals surface area contributed by atoms with Crippen LogP contribution >= 0.6 is 15.9 Å². The van der Waals surface area contributed by atoms with E-state index in [1.807, 2.05) is 0 Å². The van der Waals surface area contributed by atoms with Crippen molar-refractivity contribution >= 4 is 27.8 Å². The van der Waals surface area contributed by atoms with Gasteiger partial charge in [0.05, 0.1) is 44.4 Å². The lowest BCUT2D eigenvalue weighted by atomic mass is 9.79. The van der Waals surface area contributed by atoms with Crippen molar-refractivity contribution < 1.29 is 28.5 Å². The van der Waals surface area contributed by atoms with E-state index in [4.69, 9.17) is 18.9 Å². The third-order valence-corrected chi connectivity index (χ3v) is 5.74. The lowest BCUT2D eigenvalue weighted by Gasteiger charge is -2.29. The lowest BCUT2D eigenvalue weighted by molar-refractivity contribution is -0.148. The van der Waals surface area contributed by atoms with Gasteiger partial charge in [-0.1, -0.05) is 12.8 Å². The number of esters is 1. The third-order valence-electron chi connectivity index (χ3n) is 4.95. The summed E-state index contributed by atoms with van der Waals surface area (Å²) in [5, 5.41) is 2.93. The average molecular weight is 444 g/mol. The standard InChI is InChI=1S/C19H26BrNO6/c1-24-14-9-13(15(20)17(26-3)16(14)25-2)18(22)21-10-11-7-5-6-8-12(11)19(23)27-4/h9,11-12H,5-8,10H2,1-4H3,(H,21,22). The van der Waals surface area contributed by atoms with E-state index in [-0.39, 0.29) is 23.7 Å². The molecule has 1 saturated carbocycles. The molecule has 2 rings (SSSR count). The van der Waals surface area contributed by atoms with Crippen LogP contribution in [0, 0.1) is 11.8 Å². The molecular weight excluding hydrogens is 418 g/mol. The summed E-state index contributed by atoms with van der Waals surface area (Å²) in [4.78, 5) is 24.8. The van der Waals surface area contributed by atoms with Crippen LogP contribution in [-0.2, 0) is 9.53 Å². The van der Waals surface area contributed by atoms with E-state index in [0.717, 1.165) is 25.7 Å². The van der Waals surface area contributed by atoms with Gasteiger partial charge in [0.2, 0.25) is 5.75 Å². The van der Waals surface area contributed by atoms with Crippen LogP contribution in [0.15, 0.2) is 10.5 Å². The SMILES string of the molecule is COC(=O)C1CCCCC1CNC(=O)c1cc(OC)c(OC)c(OC)c1Br. The Morgan fingerprint density at radius 1 is 1.07 bits per heavy atom. The molecule has 0 bridgehead atoms. The maximum absolute atomic E-state index is 12.8. The summed E-state index contributed by atoms with van der Waals surface area (Å²) in [6.45, 7) is 0.404. The minimum atomic E-state index is -0.282. The third kappa shape index (κ3) is 4.66. The van der Waals surface area contributed by atoms with Gasteiger partial charge in [-0.25, -0.2) is 0 Å². The molecule has 1 fully saturated rings. The topological polar surface area (TPSA) is 83.1 Å². The van der Waals surface area contributed by atoms with E-state index in [1.165, 1.54) is 28.4 Å². The van der Waals surface area contributed by atoms with E-state index in [9.17, 15) is 9.59 Å². The second-order valence-electron chi connectivity index (χ2n) is 6.39. The van der Waals surface area contributed by atoms with Crippen LogP contribution in [0.1, 0.15) is 36.0 Å². The van der Waals surface area contributed by atoms with Crippen LogP contribution in [0.5, 0.6) is 17.2 Å². The zero-order valence-corrected chi connectivity index (χ0v) is 17.7. The summed E-state index contributed by atoms with van der Waals surface area (Å²) in [5.74, 6) is 0.586. The highest BCUT2D eigenvalue weighted by molar-refractivity contribution is 9.10. The number of carbonyl (C=O) groups excluding carboxylic acids is 2. The van der Waals surface area contributed by atoms with Gasteiger partial charge < -0.3 is 24.3 Å². The van der Waals surface area contributed by atoms with Crippen LogP contribution in [0.4, 0.5) is 0 Å². The number of ether oxygens (including phenoxy) is 4. The molecule has 0 aliphatic heterocycles. The Morgan fingerprint density at radius 2 is 1.74 bits per heavy atom. The second kappa shape index (κ2) is 9.82. The van der Waals surface area contributed by atoms with Crippen LogP contribution in [0.25, 0.3) is 0 Å². The number of hydrogen-bond acceptors (Lipinski definition) is 6. The molecule has 1 amide bonds. The molecule has 0 radical (unpaired) electrons. The van der Waals surface area contributed by atoms with Gasteiger partial charge in [0, 0.05) is 6.54 Å². The van der Waals surface area contributed by atoms with Crippen LogP contribution in [-0.4, -0.2) is 46.9 Å². The Morgan fingerprint density at radius 3 is 2.33 bits per heavy atom. The Kier molecular flexibility index (Phi) is 7.77. The van der Waals surface area contributed by atoms with Crippen molar-refractivity contribution in [3.05, 3.63) is 16.1 Å². The first-order valence-electron chi connectivity index (χ1n) is 8.82. The number of halogens is 1. The van der Waals surface area contributed by atoms with Gasteiger partial charge in [-0.3, -0.25) is 9.59 Å². The number of carbonyl (C=O) groups is 2. The molecule has 8 heteroatoms. The summed E-state index contributed by atoms with van der Waals surface area (Å²) >= 11 is 3.41. The molecule has 1 aromatic carbocycles. The van der Waals surface area contributed by atoms with Crippen molar-refractivity contribution in [2.45, 2.75) is 25.7 Å². The number of benzene rings is 1. The van der Waals surface area contributed by atoms with E-state index >= 15 is 0 Å². The minimum absolute atomic E-state index is 0.0657. The van der Waals surface area contributed by atoms with E-state index in [1.54, 1.807) is 6.07 Å². The van der Waals surface area contributed by atoms with E-state index in [2.05, 4.69) is 21.2 Å². The smallest absolute Gasteiger partial charge is 0.309 e. The normalized spacial score (nSPS) is 19.1. The number of rotatable bonds is 7. The average Bonchev–Trinajstić information content (AvgIpc) is 2.70. The highest BCUT2D eigenvalue weighted by Crippen LogP contribution is 2.44. The van der Waals surface area contributed by atoms with Gasteiger partial charge in [-0.05, 0) is 40.8 Å². The van der Waals surface area contributed by atoms with Crippen molar-refractivity contribution in [1.29, 1.82) is 0 Å². The zero-order valence-electron chi connectivity index (χ0n) is 16.1. The highest BCUT2D eigenvalue weighted by Gasteiger charge is 2.32. The van der Waals surface area contributed by atoms with Gasteiger partial charge in [-0.2, -0.15) is 0 Å². The molecule has 1 aliphatic rings. The molecule has 0 heterocycles. The fraction of sp³-hybridized carbons (Fsp3) is 0.579. The Balaban J connectivity index is 2.19. The highest BCUT2D eigenvalue weighted by atomic mass is 79.9. The van der Waals surface area contributed by atoms with Gasteiger partial charge in [0.1, 0.15) is 0 Å². The predicted octanol–water partition coefficient (Wildman–Crippen LogP) is 3.18. The van der Waals surface area contributed by atoms with Crippen LogP contribution in [0.3, 0.4) is 0 Å². The summed E-state index contributed by atoms with van der Waals surface area (Å²) in [7, 11) is 5.89. The number of nitrogens with one attached hydrogen (secondary N) is 1. The quantitative estimate of drug-likeness (QED) is 0.651. The van der Waals surface area contributed by atoms with Gasteiger partial charge in [0.25, 0.3) is 5.91 Å². The Bertz CT molecular complexity index is 693. The minimum Gasteiger partial charge on any atom is -0.493 e. The largest absolute Gasteiger partial charge is 0.493 e. The first-order valence-corrected chi connectivity index (χ1v) is 9.62. The predicted molar refractivity (Wildman–Crippen MR) is 104 cm³/mol. The van der Waals surface area contributed by atoms with Gasteiger partial charge in [-0.15, -0.1) is 0 Å². The molecule has 150 valence electrons. The van der Waals surface area contributed by atoms with Crippen molar-refractivity contribution in [2.24, 2.45) is 11.8 Å². The zero-order chi connectivity index (χ0) is 20.0. The molecule has 0 spiro atoms. The first-order chi connectivity index (χ1) is 13.0. The van der Waals surface area contributed by atoms with Crippen molar-refractivity contribution in [3.8, 4) is 17.2 Å². The molecular formula is C19H26BrNO6. The molecule has 2 atom stereocenters. The van der Waals surface area contributed by atoms with Crippen LogP contribution in [0.2, 0.25) is 0 Å². The Hall–Kier alpha value is -1.96. The van der Waals surface area contributed by atoms with E-state index < -0.39 is 0 Å². The molecule has 1 N–H and O–H groups in total. The monoisotopic (exact) mass is 443 g/mol. The summed E-state index contributed by atoms with van der Waals surface area (Å²) in [6.07, 6.45) is 3.72. The maximum Gasteiger partial charge on any atom is 0.309 e. The molecule has 27 heavy (non-hydrogen) atoms. The fourth-order valence-electron chi connectivity index (χ4n) is 3.52. The number of amides is 1. The van der Waals surface area contributed by atoms with E-state index in [0.29, 0.717) is 33.8 Å². The number of hydrogen-bond donors (Lipinski definition) is 1. The molecule has 7 nitrogen and oxygen atoms in total. The molecule has 0 aromatic heterocycles. The molecule has 1 aromatic rings. The summed E-state index contributed by atoms with van der Waals surface area (Å²) < 4.78 is 21.4. The summed E-state index contributed by atoms with van der Waals surface area (Å²) in [5.41, 5.74) is 0.370. The van der Waals surface area contributed by atoms with Gasteiger partial charge >= 0.3 is 5.97 Å². The Labute approximate surface area is 167 Å². The molecule has 1 aliphatic carbocycles. The molecule has 0 saturated heterocycles. The van der Waals surface area contributed by atoms with Crippen LogP contribution < -0.4 is 19.5 Å². The van der Waals surface area contributed by atoms with Crippen molar-refractivity contribution in [3.63, 3.8) is 0 Å². The van der Waals surface area contributed by atoms with Crippen molar-refractivity contribution in [1.82, 2.24) is 5.32 Å². The lowest BCUT2D eigenvalue weighted by Crippen LogP contribution is -2.37. The second-order valence-corrected chi connectivity index (χ2v) is 7.18. The fourth-order valence-corrected chi connectivity index (χ4v) is 4.16. The molecule has 2 unspecified atom stereocenters. The maximum atomic E-state index is 12.8. The van der Waals surface area contributed by atoms with Gasteiger partial charge in [0.15, 0.2) is 11.5 Å². The number of methoxy groups -OCH3 is 4.